The van der Waals surface area contributed by atoms with Gasteiger partial charge in [-0.3, -0.25) is 0 Å². The Morgan fingerprint density at radius 1 is 1.19 bits per heavy atom. The number of rotatable bonds is 2. The number of hydrogen-bond donors (Lipinski definition) is 1. The smallest absolute Gasteiger partial charge is 0.0674 e. The molecule has 1 N–H and O–H groups in total. The molecule has 3 fully saturated rings. The second-order valence-electron chi connectivity index (χ2n) is 6.67. The van der Waals surface area contributed by atoms with Crippen LogP contribution in [0.3, 0.4) is 0 Å². The van der Waals surface area contributed by atoms with Gasteiger partial charge in [-0.15, -0.1) is 0 Å². The summed E-state index contributed by atoms with van der Waals surface area (Å²) in [5, 5.41) is 10.7. The Morgan fingerprint density at radius 2 is 1.94 bits per heavy atom. The van der Waals surface area contributed by atoms with E-state index in [-0.39, 0.29) is 5.60 Å². The lowest BCUT2D eigenvalue weighted by Crippen LogP contribution is -2.44. The molecule has 0 radical (unpaired) electrons. The summed E-state index contributed by atoms with van der Waals surface area (Å²) in [6, 6.07) is 0. The lowest BCUT2D eigenvalue weighted by molar-refractivity contribution is -0.0398. The Kier molecular flexibility index (Phi) is 2.75. The molecule has 2 aliphatic carbocycles. The van der Waals surface area contributed by atoms with Gasteiger partial charge >= 0.3 is 0 Å². The molecular weight excluding hydrogens is 198 g/mol. The molecule has 0 spiro atoms. The average molecular weight is 223 g/mol. The Bertz CT molecular complexity index is 257. The second kappa shape index (κ2) is 3.99. The molecule has 2 heteroatoms. The van der Waals surface area contributed by atoms with Crippen LogP contribution in [0.2, 0.25) is 0 Å². The first-order chi connectivity index (χ1) is 7.65. The van der Waals surface area contributed by atoms with Gasteiger partial charge in [-0.25, -0.2) is 0 Å². The molecule has 0 aromatic heterocycles. The topological polar surface area (TPSA) is 23.5 Å². The van der Waals surface area contributed by atoms with E-state index in [9.17, 15) is 5.11 Å². The van der Waals surface area contributed by atoms with Gasteiger partial charge in [0.15, 0.2) is 0 Å². The van der Waals surface area contributed by atoms with E-state index in [1.807, 2.05) is 0 Å². The maximum Gasteiger partial charge on any atom is 0.0674 e. The number of likely N-dealkylation sites (tertiary alicyclic amines) is 1. The van der Waals surface area contributed by atoms with Gasteiger partial charge < -0.3 is 10.0 Å². The summed E-state index contributed by atoms with van der Waals surface area (Å²) in [4.78, 5) is 2.34. The van der Waals surface area contributed by atoms with Gasteiger partial charge in [0.05, 0.1) is 5.60 Å². The summed E-state index contributed by atoms with van der Waals surface area (Å²) in [5.74, 6) is 2.84. The highest BCUT2D eigenvalue weighted by atomic mass is 16.3. The minimum absolute atomic E-state index is 0.318. The third-order valence-corrected chi connectivity index (χ3v) is 5.44. The van der Waals surface area contributed by atoms with Crippen LogP contribution < -0.4 is 0 Å². The van der Waals surface area contributed by atoms with Crippen LogP contribution in [0, 0.1) is 17.8 Å². The van der Waals surface area contributed by atoms with E-state index in [0.29, 0.717) is 0 Å². The quantitative estimate of drug-likeness (QED) is 0.776. The third kappa shape index (κ3) is 2.02. The summed E-state index contributed by atoms with van der Waals surface area (Å²) in [6.07, 6.45) is 8.91. The summed E-state index contributed by atoms with van der Waals surface area (Å²) >= 11 is 0. The van der Waals surface area contributed by atoms with Crippen molar-refractivity contribution in [1.29, 1.82) is 0 Å². The summed E-state index contributed by atoms with van der Waals surface area (Å²) in [6.45, 7) is 2.16. The zero-order chi connectivity index (χ0) is 11.2. The predicted octanol–water partition coefficient (Wildman–Crippen LogP) is 2.27. The van der Waals surface area contributed by atoms with Crippen LogP contribution in [0.25, 0.3) is 0 Å². The van der Waals surface area contributed by atoms with Crippen LogP contribution in [0.5, 0.6) is 0 Å². The first-order valence-corrected chi connectivity index (χ1v) is 7.06. The fourth-order valence-corrected chi connectivity index (χ4v) is 4.35. The number of nitrogens with zero attached hydrogens (tertiary/aromatic N) is 1. The molecule has 16 heavy (non-hydrogen) atoms. The Labute approximate surface area is 99.0 Å². The highest BCUT2D eigenvalue weighted by Gasteiger charge is 2.43. The van der Waals surface area contributed by atoms with Crippen molar-refractivity contribution in [3.8, 4) is 0 Å². The van der Waals surface area contributed by atoms with Crippen LogP contribution in [0.1, 0.15) is 44.9 Å². The molecule has 3 rings (SSSR count). The van der Waals surface area contributed by atoms with Gasteiger partial charge in [0.25, 0.3) is 0 Å². The summed E-state index contributed by atoms with van der Waals surface area (Å²) in [7, 11) is 2.16. The molecule has 1 saturated heterocycles. The molecule has 2 bridgehead atoms. The Hall–Kier alpha value is -0.0800. The zero-order valence-corrected chi connectivity index (χ0v) is 10.5. The van der Waals surface area contributed by atoms with E-state index in [4.69, 9.17) is 0 Å². The van der Waals surface area contributed by atoms with Crippen molar-refractivity contribution in [2.45, 2.75) is 50.5 Å². The van der Waals surface area contributed by atoms with Gasteiger partial charge in [-0.1, -0.05) is 6.42 Å². The van der Waals surface area contributed by atoms with Crippen molar-refractivity contribution in [3.05, 3.63) is 0 Å². The largest absolute Gasteiger partial charge is 0.390 e. The number of aliphatic hydroxyl groups is 1. The zero-order valence-electron chi connectivity index (χ0n) is 10.5. The van der Waals surface area contributed by atoms with E-state index >= 15 is 0 Å². The van der Waals surface area contributed by atoms with Crippen molar-refractivity contribution in [1.82, 2.24) is 4.90 Å². The lowest BCUT2D eigenvalue weighted by atomic mass is 9.77. The van der Waals surface area contributed by atoms with Crippen molar-refractivity contribution in [2.24, 2.45) is 17.8 Å². The van der Waals surface area contributed by atoms with E-state index in [2.05, 4.69) is 11.9 Å². The van der Waals surface area contributed by atoms with Gasteiger partial charge in [0.2, 0.25) is 0 Å². The maximum absolute atomic E-state index is 10.7. The van der Waals surface area contributed by atoms with Crippen molar-refractivity contribution in [2.75, 3.05) is 20.1 Å². The first kappa shape index (κ1) is 11.0. The highest BCUT2D eigenvalue weighted by molar-refractivity contribution is 4.95. The second-order valence-corrected chi connectivity index (χ2v) is 6.67. The summed E-state index contributed by atoms with van der Waals surface area (Å²) in [5.41, 5.74) is -0.318. The van der Waals surface area contributed by atoms with E-state index in [1.165, 1.54) is 25.7 Å². The van der Waals surface area contributed by atoms with E-state index < -0.39 is 0 Å². The molecule has 2 nitrogen and oxygen atoms in total. The number of hydrogen-bond acceptors (Lipinski definition) is 2. The maximum atomic E-state index is 10.7. The lowest BCUT2D eigenvalue weighted by Gasteiger charge is -2.39. The molecule has 0 aromatic carbocycles. The normalized spacial score (nSPS) is 42.8. The standard InChI is InChI=1S/C14H25NO/c1-15-6-4-14(16,5-7-15)10-13-9-11-2-3-12(13)8-11/h11-13,16H,2-10H2,1H3. The molecule has 1 aliphatic heterocycles. The molecule has 2 saturated carbocycles. The monoisotopic (exact) mass is 223 g/mol. The molecule has 0 aromatic rings. The molecule has 1 heterocycles. The van der Waals surface area contributed by atoms with E-state index in [1.54, 1.807) is 0 Å². The molecule has 3 unspecified atom stereocenters. The van der Waals surface area contributed by atoms with Crippen molar-refractivity contribution < 1.29 is 5.11 Å². The number of fused-ring (bicyclic) bond motifs is 2. The van der Waals surface area contributed by atoms with Gasteiger partial charge in [0.1, 0.15) is 0 Å². The molecular formula is C14H25NO. The fourth-order valence-electron chi connectivity index (χ4n) is 4.35. The first-order valence-electron chi connectivity index (χ1n) is 7.06. The van der Waals surface area contributed by atoms with E-state index in [0.717, 1.165) is 50.1 Å². The van der Waals surface area contributed by atoms with Gasteiger partial charge in [-0.05, 0) is 63.3 Å². The molecule has 92 valence electrons. The molecule has 3 aliphatic rings. The van der Waals surface area contributed by atoms with Crippen LogP contribution in [-0.2, 0) is 0 Å². The highest BCUT2D eigenvalue weighted by Crippen LogP contribution is 2.51. The van der Waals surface area contributed by atoms with Crippen LogP contribution in [0.4, 0.5) is 0 Å². The van der Waals surface area contributed by atoms with Crippen molar-refractivity contribution in [3.63, 3.8) is 0 Å². The van der Waals surface area contributed by atoms with Gasteiger partial charge in [0, 0.05) is 13.1 Å². The van der Waals surface area contributed by atoms with Gasteiger partial charge in [-0.2, -0.15) is 0 Å². The third-order valence-electron chi connectivity index (χ3n) is 5.44. The Balaban J connectivity index is 1.58. The molecule has 3 atom stereocenters. The minimum Gasteiger partial charge on any atom is -0.390 e. The van der Waals surface area contributed by atoms with Crippen LogP contribution in [0.15, 0.2) is 0 Å². The Morgan fingerprint density at radius 3 is 2.50 bits per heavy atom. The number of piperidine rings is 1. The van der Waals surface area contributed by atoms with Crippen LogP contribution in [-0.4, -0.2) is 35.7 Å². The average Bonchev–Trinajstić information content (AvgIpc) is 2.84. The SMILES string of the molecule is CN1CCC(O)(CC2CC3CCC2C3)CC1. The summed E-state index contributed by atoms with van der Waals surface area (Å²) < 4.78 is 0. The molecule has 0 amide bonds. The predicted molar refractivity (Wildman–Crippen MR) is 65.2 cm³/mol. The van der Waals surface area contributed by atoms with Crippen molar-refractivity contribution >= 4 is 0 Å². The minimum atomic E-state index is -0.318. The fraction of sp³-hybridized carbons (Fsp3) is 1.00. The van der Waals surface area contributed by atoms with Crippen LogP contribution >= 0.6 is 0 Å².